The molecule has 2 rings (SSSR count). The summed E-state index contributed by atoms with van der Waals surface area (Å²) in [7, 11) is 2.00. The van der Waals surface area contributed by atoms with Crippen molar-refractivity contribution in [3.8, 4) is 0 Å². The first-order valence-electron chi connectivity index (χ1n) is 5.75. The van der Waals surface area contributed by atoms with Gasteiger partial charge in [-0.3, -0.25) is 4.98 Å². The van der Waals surface area contributed by atoms with Crippen LogP contribution in [-0.4, -0.2) is 18.1 Å². The predicted octanol–water partition coefficient (Wildman–Crippen LogP) is 2.95. The SMILES string of the molecule is CNC(C)C(C)c1ccnc2ccccc12. The first kappa shape index (κ1) is 11.1. The highest BCUT2D eigenvalue weighted by atomic mass is 14.9. The molecule has 2 unspecified atom stereocenters. The average molecular weight is 214 g/mol. The number of aromatic nitrogens is 1. The monoisotopic (exact) mass is 214 g/mol. The molecule has 0 aliphatic heterocycles. The Morgan fingerprint density at radius 2 is 1.88 bits per heavy atom. The molecule has 0 bridgehead atoms. The second kappa shape index (κ2) is 4.62. The molecule has 16 heavy (non-hydrogen) atoms. The summed E-state index contributed by atoms with van der Waals surface area (Å²) in [6, 6.07) is 10.9. The lowest BCUT2D eigenvalue weighted by molar-refractivity contribution is 0.526. The lowest BCUT2D eigenvalue weighted by Crippen LogP contribution is -2.27. The molecule has 2 heteroatoms. The molecule has 0 radical (unpaired) electrons. The Morgan fingerprint density at radius 3 is 2.62 bits per heavy atom. The lowest BCUT2D eigenvalue weighted by atomic mass is 9.92. The van der Waals surface area contributed by atoms with Gasteiger partial charge in [0, 0.05) is 17.6 Å². The lowest BCUT2D eigenvalue weighted by Gasteiger charge is -2.21. The van der Waals surface area contributed by atoms with Gasteiger partial charge in [0.1, 0.15) is 0 Å². The summed E-state index contributed by atoms with van der Waals surface area (Å²) < 4.78 is 0. The van der Waals surface area contributed by atoms with Crippen molar-refractivity contribution in [3.63, 3.8) is 0 Å². The summed E-state index contributed by atoms with van der Waals surface area (Å²) in [5.74, 6) is 0.484. The minimum absolute atomic E-state index is 0.464. The molecule has 0 saturated carbocycles. The van der Waals surface area contributed by atoms with Gasteiger partial charge in [-0.2, -0.15) is 0 Å². The zero-order valence-corrected chi connectivity index (χ0v) is 10.1. The smallest absolute Gasteiger partial charge is 0.0704 e. The number of nitrogens with one attached hydrogen (secondary N) is 1. The van der Waals surface area contributed by atoms with Gasteiger partial charge in [-0.15, -0.1) is 0 Å². The van der Waals surface area contributed by atoms with E-state index in [1.807, 2.05) is 19.3 Å². The molecule has 1 heterocycles. The van der Waals surface area contributed by atoms with E-state index in [1.54, 1.807) is 0 Å². The number of para-hydroxylation sites is 1. The van der Waals surface area contributed by atoms with Gasteiger partial charge in [0.05, 0.1) is 5.52 Å². The zero-order valence-electron chi connectivity index (χ0n) is 10.1. The van der Waals surface area contributed by atoms with Crippen molar-refractivity contribution in [3.05, 3.63) is 42.1 Å². The molecule has 0 spiro atoms. The highest BCUT2D eigenvalue weighted by Crippen LogP contribution is 2.26. The second-order valence-electron chi connectivity index (χ2n) is 4.28. The van der Waals surface area contributed by atoms with Crippen molar-refractivity contribution in [1.82, 2.24) is 10.3 Å². The Kier molecular flexibility index (Phi) is 3.20. The van der Waals surface area contributed by atoms with Gasteiger partial charge in [0.2, 0.25) is 0 Å². The van der Waals surface area contributed by atoms with E-state index in [1.165, 1.54) is 10.9 Å². The number of likely N-dealkylation sites (N-methyl/N-ethyl adjacent to an activating group) is 1. The number of nitrogens with zero attached hydrogens (tertiary/aromatic N) is 1. The molecule has 84 valence electrons. The number of hydrogen-bond donors (Lipinski definition) is 1. The van der Waals surface area contributed by atoms with Crippen molar-refractivity contribution in [2.24, 2.45) is 0 Å². The first-order valence-corrected chi connectivity index (χ1v) is 5.75. The van der Waals surface area contributed by atoms with Crippen LogP contribution in [0.15, 0.2) is 36.5 Å². The van der Waals surface area contributed by atoms with Crippen molar-refractivity contribution < 1.29 is 0 Å². The van der Waals surface area contributed by atoms with Crippen LogP contribution in [0.3, 0.4) is 0 Å². The Balaban J connectivity index is 2.52. The normalized spacial score (nSPS) is 14.9. The van der Waals surface area contributed by atoms with E-state index in [0.29, 0.717) is 12.0 Å². The summed E-state index contributed by atoms with van der Waals surface area (Å²) in [6.07, 6.45) is 1.90. The molecule has 0 fully saturated rings. The van der Waals surface area contributed by atoms with Gasteiger partial charge < -0.3 is 5.32 Å². The van der Waals surface area contributed by atoms with E-state index in [9.17, 15) is 0 Å². The van der Waals surface area contributed by atoms with E-state index < -0.39 is 0 Å². The summed E-state index contributed by atoms with van der Waals surface area (Å²) >= 11 is 0. The largest absolute Gasteiger partial charge is 0.317 e. The number of benzene rings is 1. The Labute approximate surface area is 96.7 Å². The zero-order chi connectivity index (χ0) is 11.5. The molecule has 0 saturated heterocycles. The maximum absolute atomic E-state index is 4.39. The molecule has 0 amide bonds. The molecular formula is C14H18N2. The standard InChI is InChI=1S/C14H18N2/c1-10(11(2)15-3)12-8-9-16-14-7-5-4-6-13(12)14/h4-11,15H,1-3H3. The topological polar surface area (TPSA) is 24.9 Å². The van der Waals surface area contributed by atoms with Gasteiger partial charge in [0.25, 0.3) is 0 Å². The summed E-state index contributed by atoms with van der Waals surface area (Å²) in [5, 5.41) is 4.57. The second-order valence-corrected chi connectivity index (χ2v) is 4.28. The number of fused-ring (bicyclic) bond motifs is 1. The maximum atomic E-state index is 4.39. The Bertz CT molecular complexity index is 474. The Hall–Kier alpha value is -1.41. The highest BCUT2D eigenvalue weighted by molar-refractivity contribution is 5.82. The van der Waals surface area contributed by atoms with Gasteiger partial charge in [0.15, 0.2) is 0 Å². The molecule has 0 aliphatic rings. The summed E-state index contributed by atoms with van der Waals surface area (Å²) in [4.78, 5) is 4.39. The van der Waals surface area contributed by atoms with Gasteiger partial charge in [-0.25, -0.2) is 0 Å². The van der Waals surface area contributed by atoms with E-state index in [2.05, 4.69) is 48.4 Å². The van der Waals surface area contributed by atoms with Crippen molar-refractivity contribution >= 4 is 10.9 Å². The summed E-state index contributed by atoms with van der Waals surface area (Å²) in [6.45, 7) is 4.46. The fourth-order valence-electron chi connectivity index (χ4n) is 2.03. The average Bonchev–Trinajstić information content (AvgIpc) is 2.36. The van der Waals surface area contributed by atoms with Crippen LogP contribution >= 0.6 is 0 Å². The molecular weight excluding hydrogens is 196 g/mol. The van der Waals surface area contributed by atoms with Crippen LogP contribution < -0.4 is 5.32 Å². The molecule has 2 nitrogen and oxygen atoms in total. The molecule has 1 aromatic heterocycles. The van der Waals surface area contributed by atoms with Crippen LogP contribution in [0, 0.1) is 0 Å². The van der Waals surface area contributed by atoms with Crippen LogP contribution in [0.1, 0.15) is 25.3 Å². The fourth-order valence-corrected chi connectivity index (χ4v) is 2.03. The minimum Gasteiger partial charge on any atom is -0.317 e. The van der Waals surface area contributed by atoms with Crippen molar-refractivity contribution in [1.29, 1.82) is 0 Å². The third-order valence-corrected chi connectivity index (χ3v) is 3.38. The number of rotatable bonds is 3. The van der Waals surface area contributed by atoms with E-state index in [0.717, 1.165) is 5.52 Å². The molecule has 1 N–H and O–H groups in total. The highest BCUT2D eigenvalue weighted by Gasteiger charge is 2.14. The minimum atomic E-state index is 0.464. The fraction of sp³-hybridized carbons (Fsp3) is 0.357. The number of pyridine rings is 1. The van der Waals surface area contributed by atoms with Crippen molar-refractivity contribution in [2.75, 3.05) is 7.05 Å². The third-order valence-electron chi connectivity index (χ3n) is 3.38. The van der Waals surface area contributed by atoms with Crippen LogP contribution in [0.4, 0.5) is 0 Å². The van der Waals surface area contributed by atoms with Crippen molar-refractivity contribution in [2.45, 2.75) is 25.8 Å². The van der Waals surface area contributed by atoms with Crippen LogP contribution in [-0.2, 0) is 0 Å². The third kappa shape index (κ3) is 1.93. The predicted molar refractivity (Wildman–Crippen MR) is 68.7 cm³/mol. The molecule has 1 aromatic carbocycles. The first-order chi connectivity index (χ1) is 7.74. The van der Waals surface area contributed by atoms with Gasteiger partial charge >= 0.3 is 0 Å². The van der Waals surface area contributed by atoms with Crippen LogP contribution in [0.2, 0.25) is 0 Å². The van der Waals surface area contributed by atoms with E-state index in [4.69, 9.17) is 0 Å². The van der Waals surface area contributed by atoms with Gasteiger partial charge in [-0.1, -0.05) is 25.1 Å². The molecule has 2 aromatic rings. The van der Waals surface area contributed by atoms with E-state index in [-0.39, 0.29) is 0 Å². The number of hydrogen-bond acceptors (Lipinski definition) is 2. The molecule has 0 aliphatic carbocycles. The van der Waals surface area contributed by atoms with Crippen LogP contribution in [0.5, 0.6) is 0 Å². The quantitative estimate of drug-likeness (QED) is 0.849. The Morgan fingerprint density at radius 1 is 1.12 bits per heavy atom. The van der Waals surface area contributed by atoms with Crippen LogP contribution in [0.25, 0.3) is 10.9 Å². The molecule has 2 atom stereocenters. The van der Waals surface area contributed by atoms with E-state index >= 15 is 0 Å². The maximum Gasteiger partial charge on any atom is 0.0704 e. The van der Waals surface area contributed by atoms with Gasteiger partial charge in [-0.05, 0) is 37.6 Å². The summed E-state index contributed by atoms with van der Waals surface area (Å²) in [5.41, 5.74) is 2.45.